The molecule has 2 aromatic rings. The summed E-state index contributed by atoms with van der Waals surface area (Å²) in [6.45, 7) is 7.30. The molecular formula is C17H17Cl2N5OS. The molecule has 0 bridgehead atoms. The van der Waals surface area contributed by atoms with Crippen LogP contribution in [0.4, 0.5) is 10.8 Å². The summed E-state index contributed by atoms with van der Waals surface area (Å²) in [5, 5.41) is 6.66. The molecule has 9 heteroatoms. The van der Waals surface area contributed by atoms with Gasteiger partial charge >= 0.3 is 0 Å². The number of anilines is 1. The molecule has 1 amide bonds. The molecule has 0 saturated heterocycles. The SMILES string of the molecule is C=C(C)NC(Cl)=CC(N)=Nc1ncc(C(=O)Nc2c(C)cccc2Cl)s1. The number of hydrogen-bond donors (Lipinski definition) is 3. The smallest absolute Gasteiger partial charge is 0.267 e. The number of hydrogen-bond acceptors (Lipinski definition) is 5. The van der Waals surface area contributed by atoms with E-state index in [0.29, 0.717) is 26.4 Å². The zero-order valence-electron chi connectivity index (χ0n) is 14.1. The Kier molecular flexibility index (Phi) is 6.79. The predicted molar refractivity (Wildman–Crippen MR) is 109 cm³/mol. The molecule has 0 radical (unpaired) electrons. The number of aliphatic imine (C=N–C) groups is 1. The summed E-state index contributed by atoms with van der Waals surface area (Å²) in [5.41, 5.74) is 7.90. The summed E-state index contributed by atoms with van der Waals surface area (Å²) >= 11 is 13.2. The number of para-hydroxylation sites is 1. The molecule has 0 atom stereocenters. The number of carbonyl (C=O) groups is 1. The molecule has 6 nitrogen and oxygen atoms in total. The lowest BCUT2D eigenvalue weighted by atomic mass is 10.2. The fraction of sp³-hybridized carbons (Fsp3) is 0.118. The van der Waals surface area contributed by atoms with Crippen LogP contribution < -0.4 is 16.4 Å². The molecule has 0 unspecified atom stereocenters. The Hall–Kier alpha value is -2.35. The largest absolute Gasteiger partial charge is 0.384 e. The number of thiazole rings is 1. The summed E-state index contributed by atoms with van der Waals surface area (Å²) < 4.78 is 0. The number of aromatic nitrogens is 1. The minimum absolute atomic E-state index is 0.145. The summed E-state index contributed by atoms with van der Waals surface area (Å²) in [7, 11) is 0. The van der Waals surface area contributed by atoms with Crippen LogP contribution in [0.5, 0.6) is 0 Å². The number of carbonyl (C=O) groups excluding carboxylic acids is 1. The normalized spacial score (nSPS) is 12.0. The Balaban J connectivity index is 2.13. The number of benzene rings is 1. The third-order valence-corrected chi connectivity index (χ3v) is 4.42. The Morgan fingerprint density at radius 3 is 2.85 bits per heavy atom. The van der Waals surface area contributed by atoms with Crippen molar-refractivity contribution >= 4 is 57.1 Å². The third kappa shape index (κ3) is 5.59. The van der Waals surface area contributed by atoms with E-state index >= 15 is 0 Å². The number of allylic oxidation sites excluding steroid dienone is 1. The van der Waals surface area contributed by atoms with Gasteiger partial charge in [0, 0.05) is 11.8 Å². The van der Waals surface area contributed by atoms with E-state index in [1.54, 1.807) is 13.0 Å². The molecule has 1 heterocycles. The van der Waals surface area contributed by atoms with Gasteiger partial charge in [-0.05, 0) is 25.5 Å². The fourth-order valence-electron chi connectivity index (χ4n) is 1.90. The van der Waals surface area contributed by atoms with Gasteiger partial charge in [0.25, 0.3) is 5.91 Å². The van der Waals surface area contributed by atoms with Gasteiger partial charge in [0.15, 0.2) is 0 Å². The quantitative estimate of drug-likeness (QED) is 0.370. The standard InChI is InChI=1S/C17H17Cl2N5OS/c1-9(2)22-13(19)7-14(20)23-17-21-8-12(26-17)16(25)24-15-10(3)5-4-6-11(15)18/h4-8,22H,1H2,2-3H3,(H,24,25)(H2,20,21,23). The highest BCUT2D eigenvalue weighted by molar-refractivity contribution is 7.17. The van der Waals surface area contributed by atoms with Crippen molar-refractivity contribution in [1.29, 1.82) is 0 Å². The monoisotopic (exact) mass is 409 g/mol. The van der Waals surface area contributed by atoms with E-state index < -0.39 is 0 Å². The number of amidine groups is 1. The highest BCUT2D eigenvalue weighted by Crippen LogP contribution is 2.27. The second-order valence-electron chi connectivity index (χ2n) is 5.33. The van der Waals surface area contributed by atoms with Gasteiger partial charge in [0.1, 0.15) is 15.9 Å². The number of halogens is 2. The van der Waals surface area contributed by atoms with E-state index in [4.69, 9.17) is 28.9 Å². The average Bonchev–Trinajstić information content (AvgIpc) is 2.98. The maximum atomic E-state index is 12.4. The summed E-state index contributed by atoms with van der Waals surface area (Å²) in [6, 6.07) is 5.39. The number of nitrogens with one attached hydrogen (secondary N) is 2. The van der Waals surface area contributed by atoms with Crippen molar-refractivity contribution in [3.05, 3.63) is 63.4 Å². The first-order valence-electron chi connectivity index (χ1n) is 7.42. The summed E-state index contributed by atoms with van der Waals surface area (Å²) in [4.78, 5) is 21.0. The van der Waals surface area contributed by atoms with Gasteiger partial charge in [0.05, 0.1) is 16.9 Å². The van der Waals surface area contributed by atoms with Crippen molar-refractivity contribution in [3.63, 3.8) is 0 Å². The van der Waals surface area contributed by atoms with E-state index in [-0.39, 0.29) is 16.9 Å². The highest BCUT2D eigenvalue weighted by atomic mass is 35.5. The highest BCUT2D eigenvalue weighted by Gasteiger charge is 2.13. The van der Waals surface area contributed by atoms with Crippen LogP contribution in [0, 0.1) is 6.92 Å². The number of nitrogens with two attached hydrogens (primary N) is 1. The van der Waals surface area contributed by atoms with Gasteiger partial charge in [-0.3, -0.25) is 4.79 Å². The van der Waals surface area contributed by atoms with E-state index in [1.165, 1.54) is 12.3 Å². The Bertz CT molecular complexity index is 884. The van der Waals surface area contributed by atoms with E-state index in [1.807, 2.05) is 19.1 Å². The molecule has 0 aliphatic heterocycles. The zero-order valence-corrected chi connectivity index (χ0v) is 16.5. The lowest BCUT2D eigenvalue weighted by Crippen LogP contribution is -2.12. The van der Waals surface area contributed by atoms with E-state index in [0.717, 1.165) is 16.9 Å². The van der Waals surface area contributed by atoms with Gasteiger partial charge in [-0.1, -0.05) is 53.3 Å². The van der Waals surface area contributed by atoms with Crippen LogP contribution in [0.1, 0.15) is 22.2 Å². The molecule has 0 aliphatic rings. The summed E-state index contributed by atoms with van der Waals surface area (Å²) in [6.07, 6.45) is 2.86. The van der Waals surface area contributed by atoms with Crippen LogP contribution in [0.15, 0.2) is 52.9 Å². The number of amides is 1. The van der Waals surface area contributed by atoms with E-state index in [2.05, 4.69) is 27.2 Å². The molecule has 136 valence electrons. The molecule has 0 fully saturated rings. The third-order valence-electron chi connectivity index (χ3n) is 3.01. The molecule has 0 saturated carbocycles. The average molecular weight is 410 g/mol. The Labute approximate surface area is 165 Å². The maximum Gasteiger partial charge on any atom is 0.267 e. The second-order valence-corrected chi connectivity index (χ2v) is 7.15. The first kappa shape index (κ1) is 20.0. The minimum Gasteiger partial charge on any atom is -0.384 e. The number of nitrogens with zero attached hydrogens (tertiary/aromatic N) is 2. The summed E-state index contributed by atoms with van der Waals surface area (Å²) in [5.74, 6) is -0.178. The maximum absolute atomic E-state index is 12.4. The molecular weight excluding hydrogens is 393 g/mol. The predicted octanol–water partition coefficient (Wildman–Crippen LogP) is 4.55. The van der Waals surface area contributed by atoms with Crippen LogP contribution in [0.25, 0.3) is 0 Å². The fourth-order valence-corrected chi connectivity index (χ4v) is 3.14. The van der Waals surface area contributed by atoms with Crippen LogP contribution >= 0.6 is 34.5 Å². The van der Waals surface area contributed by atoms with Crippen molar-refractivity contribution in [1.82, 2.24) is 10.3 Å². The van der Waals surface area contributed by atoms with Crippen molar-refractivity contribution in [3.8, 4) is 0 Å². The van der Waals surface area contributed by atoms with Gasteiger partial charge in [0.2, 0.25) is 5.13 Å². The van der Waals surface area contributed by atoms with Gasteiger partial charge < -0.3 is 16.4 Å². The molecule has 2 rings (SSSR count). The Morgan fingerprint density at radius 2 is 2.19 bits per heavy atom. The molecule has 4 N–H and O–H groups in total. The van der Waals surface area contributed by atoms with Crippen molar-refractivity contribution in [2.75, 3.05) is 5.32 Å². The Morgan fingerprint density at radius 1 is 1.46 bits per heavy atom. The topological polar surface area (TPSA) is 92.4 Å². The zero-order chi connectivity index (χ0) is 19.3. The lowest BCUT2D eigenvalue weighted by molar-refractivity contribution is 0.103. The molecule has 0 aliphatic carbocycles. The second kappa shape index (κ2) is 8.84. The molecule has 0 spiro atoms. The molecule has 1 aromatic carbocycles. The van der Waals surface area contributed by atoms with Crippen LogP contribution in [0.3, 0.4) is 0 Å². The molecule has 1 aromatic heterocycles. The first-order valence-corrected chi connectivity index (χ1v) is 8.99. The van der Waals surface area contributed by atoms with Crippen molar-refractivity contribution in [2.45, 2.75) is 13.8 Å². The number of rotatable bonds is 6. The van der Waals surface area contributed by atoms with Crippen molar-refractivity contribution < 1.29 is 4.79 Å². The van der Waals surface area contributed by atoms with Crippen LogP contribution in [-0.4, -0.2) is 16.7 Å². The van der Waals surface area contributed by atoms with Crippen molar-refractivity contribution in [2.24, 2.45) is 10.7 Å². The van der Waals surface area contributed by atoms with Gasteiger partial charge in [-0.25, -0.2) is 9.98 Å². The number of aryl methyl sites for hydroxylation is 1. The first-order chi connectivity index (χ1) is 12.3. The van der Waals surface area contributed by atoms with Gasteiger partial charge in [-0.15, -0.1) is 0 Å². The van der Waals surface area contributed by atoms with E-state index in [9.17, 15) is 4.79 Å². The van der Waals surface area contributed by atoms with Crippen LogP contribution in [-0.2, 0) is 0 Å². The van der Waals surface area contributed by atoms with Gasteiger partial charge in [-0.2, -0.15) is 0 Å². The lowest BCUT2D eigenvalue weighted by Gasteiger charge is -2.08. The minimum atomic E-state index is -0.323. The molecule has 26 heavy (non-hydrogen) atoms. The van der Waals surface area contributed by atoms with Crippen LogP contribution in [0.2, 0.25) is 5.02 Å².